The van der Waals surface area contributed by atoms with E-state index in [0.29, 0.717) is 6.04 Å². The highest BCUT2D eigenvalue weighted by Crippen LogP contribution is 2.28. The summed E-state index contributed by atoms with van der Waals surface area (Å²) in [5.41, 5.74) is 5.77. The lowest BCUT2D eigenvalue weighted by atomic mass is 9.79. The Kier molecular flexibility index (Phi) is 3.36. The van der Waals surface area contributed by atoms with E-state index in [2.05, 4.69) is 21.7 Å². The van der Waals surface area contributed by atoms with Gasteiger partial charge in [-0.1, -0.05) is 13.3 Å². The van der Waals surface area contributed by atoms with E-state index < -0.39 is 0 Å². The van der Waals surface area contributed by atoms with Crippen molar-refractivity contribution in [1.82, 2.24) is 14.8 Å². The summed E-state index contributed by atoms with van der Waals surface area (Å²) in [6.07, 6.45) is 7.63. The van der Waals surface area contributed by atoms with Crippen molar-refractivity contribution in [2.75, 3.05) is 0 Å². The van der Waals surface area contributed by atoms with Gasteiger partial charge in [-0.3, -0.25) is 0 Å². The number of hydrogen-bond donors (Lipinski definition) is 1. The summed E-state index contributed by atoms with van der Waals surface area (Å²) in [5.74, 6) is 1.88. The lowest BCUT2D eigenvalue weighted by molar-refractivity contribution is 0.258. The molecule has 4 heteroatoms. The summed E-state index contributed by atoms with van der Waals surface area (Å²) in [6.45, 7) is 3.26. The Morgan fingerprint density at radius 1 is 1.53 bits per heavy atom. The molecule has 1 aliphatic carbocycles. The van der Waals surface area contributed by atoms with Crippen LogP contribution < -0.4 is 5.73 Å². The van der Waals surface area contributed by atoms with Crippen molar-refractivity contribution in [3.8, 4) is 0 Å². The number of aromatic nitrogens is 3. The molecule has 1 aliphatic rings. The molecule has 0 amide bonds. The van der Waals surface area contributed by atoms with Crippen LogP contribution in [0.4, 0.5) is 0 Å². The number of nitrogens with zero attached hydrogens (tertiary/aromatic N) is 3. The first-order valence-electron chi connectivity index (χ1n) is 5.92. The number of unbranched alkanes of at least 4 members (excludes halogenated alkanes) is 1. The monoisotopic (exact) mass is 208 g/mol. The molecule has 1 saturated carbocycles. The van der Waals surface area contributed by atoms with E-state index in [9.17, 15) is 0 Å². The van der Waals surface area contributed by atoms with Gasteiger partial charge in [0.1, 0.15) is 12.2 Å². The van der Waals surface area contributed by atoms with Crippen LogP contribution in [0.1, 0.15) is 38.4 Å². The molecule has 1 fully saturated rings. The highest BCUT2D eigenvalue weighted by atomic mass is 15.3. The Morgan fingerprint density at radius 3 is 3.00 bits per heavy atom. The van der Waals surface area contributed by atoms with Gasteiger partial charge in [-0.05, 0) is 25.2 Å². The number of rotatable bonds is 5. The van der Waals surface area contributed by atoms with E-state index >= 15 is 0 Å². The highest BCUT2D eigenvalue weighted by Gasteiger charge is 2.27. The fourth-order valence-corrected chi connectivity index (χ4v) is 2.16. The third kappa shape index (κ3) is 2.56. The summed E-state index contributed by atoms with van der Waals surface area (Å²) in [4.78, 5) is 0. The van der Waals surface area contributed by atoms with E-state index in [4.69, 9.17) is 5.73 Å². The third-order valence-electron chi connectivity index (χ3n) is 3.19. The Balaban J connectivity index is 1.87. The molecule has 0 bridgehead atoms. The van der Waals surface area contributed by atoms with Gasteiger partial charge < -0.3 is 10.3 Å². The zero-order valence-corrected chi connectivity index (χ0v) is 9.39. The number of hydrogen-bond acceptors (Lipinski definition) is 3. The molecule has 84 valence electrons. The van der Waals surface area contributed by atoms with Crippen LogP contribution in [-0.4, -0.2) is 20.8 Å². The second-order valence-corrected chi connectivity index (χ2v) is 4.60. The van der Waals surface area contributed by atoms with Gasteiger partial charge in [-0.2, -0.15) is 0 Å². The Bertz CT molecular complexity index is 301. The second-order valence-electron chi connectivity index (χ2n) is 4.60. The Hall–Kier alpha value is -0.900. The SMILES string of the molecule is CCCCn1cnnc1CC1CC(N)C1. The van der Waals surface area contributed by atoms with Gasteiger partial charge in [0.05, 0.1) is 0 Å². The smallest absolute Gasteiger partial charge is 0.133 e. The molecule has 1 aromatic heterocycles. The van der Waals surface area contributed by atoms with Gasteiger partial charge in [-0.25, -0.2) is 0 Å². The average Bonchev–Trinajstić information content (AvgIpc) is 2.60. The molecule has 0 atom stereocenters. The number of nitrogens with two attached hydrogens (primary N) is 1. The Morgan fingerprint density at radius 2 is 2.33 bits per heavy atom. The summed E-state index contributed by atoms with van der Waals surface area (Å²) >= 11 is 0. The molecule has 0 unspecified atom stereocenters. The maximum atomic E-state index is 5.77. The first kappa shape index (κ1) is 10.6. The second kappa shape index (κ2) is 4.75. The quantitative estimate of drug-likeness (QED) is 0.795. The molecule has 4 nitrogen and oxygen atoms in total. The van der Waals surface area contributed by atoms with Gasteiger partial charge >= 0.3 is 0 Å². The first-order chi connectivity index (χ1) is 7.29. The van der Waals surface area contributed by atoms with Gasteiger partial charge in [0.15, 0.2) is 0 Å². The lowest BCUT2D eigenvalue weighted by Gasteiger charge is -2.32. The number of aryl methyl sites for hydroxylation is 1. The fourth-order valence-electron chi connectivity index (χ4n) is 2.16. The van der Waals surface area contributed by atoms with E-state index in [1.165, 1.54) is 12.8 Å². The van der Waals surface area contributed by atoms with Crippen molar-refractivity contribution in [3.05, 3.63) is 12.2 Å². The molecular weight excluding hydrogens is 188 g/mol. The summed E-state index contributed by atoms with van der Waals surface area (Å²) in [7, 11) is 0. The van der Waals surface area contributed by atoms with Crippen LogP contribution in [0, 0.1) is 5.92 Å². The minimum atomic E-state index is 0.432. The van der Waals surface area contributed by atoms with Crippen LogP contribution >= 0.6 is 0 Å². The van der Waals surface area contributed by atoms with Crippen molar-refractivity contribution in [1.29, 1.82) is 0 Å². The van der Waals surface area contributed by atoms with E-state index in [1.54, 1.807) is 0 Å². The van der Waals surface area contributed by atoms with Crippen LogP contribution in [-0.2, 0) is 13.0 Å². The molecule has 0 aliphatic heterocycles. The Labute approximate surface area is 90.9 Å². The molecule has 2 N–H and O–H groups in total. The van der Waals surface area contributed by atoms with E-state index in [1.807, 2.05) is 6.33 Å². The van der Waals surface area contributed by atoms with Crippen molar-refractivity contribution in [3.63, 3.8) is 0 Å². The molecule has 1 heterocycles. The van der Waals surface area contributed by atoms with Crippen molar-refractivity contribution in [2.24, 2.45) is 11.7 Å². The largest absolute Gasteiger partial charge is 0.328 e. The highest BCUT2D eigenvalue weighted by molar-refractivity contribution is 4.93. The normalized spacial score (nSPS) is 25.2. The standard InChI is InChI=1S/C11H20N4/c1-2-3-4-15-8-13-14-11(15)7-9-5-10(12)6-9/h8-10H,2-7,12H2,1H3. The van der Waals surface area contributed by atoms with Crippen molar-refractivity contribution < 1.29 is 0 Å². The first-order valence-corrected chi connectivity index (χ1v) is 5.92. The van der Waals surface area contributed by atoms with Crippen LogP contribution in [0.15, 0.2) is 6.33 Å². The predicted octanol–water partition coefficient (Wildman–Crippen LogP) is 1.36. The molecule has 0 saturated heterocycles. The maximum Gasteiger partial charge on any atom is 0.133 e. The lowest BCUT2D eigenvalue weighted by Crippen LogP contribution is -2.37. The van der Waals surface area contributed by atoms with Crippen molar-refractivity contribution >= 4 is 0 Å². The van der Waals surface area contributed by atoms with Crippen molar-refractivity contribution in [2.45, 2.75) is 51.6 Å². The molecule has 1 aromatic rings. The fraction of sp³-hybridized carbons (Fsp3) is 0.818. The summed E-state index contributed by atoms with van der Waals surface area (Å²) < 4.78 is 2.19. The molecule has 15 heavy (non-hydrogen) atoms. The van der Waals surface area contributed by atoms with Crippen LogP contribution in [0.25, 0.3) is 0 Å². The molecule has 0 radical (unpaired) electrons. The molecule has 0 aromatic carbocycles. The summed E-state index contributed by atoms with van der Waals surface area (Å²) in [5, 5.41) is 8.18. The molecule has 0 spiro atoms. The van der Waals surface area contributed by atoms with Gasteiger partial charge in [0.2, 0.25) is 0 Å². The van der Waals surface area contributed by atoms with Gasteiger partial charge in [-0.15, -0.1) is 10.2 Å². The average molecular weight is 208 g/mol. The van der Waals surface area contributed by atoms with Crippen LogP contribution in [0.3, 0.4) is 0 Å². The molecular formula is C11H20N4. The third-order valence-corrected chi connectivity index (χ3v) is 3.19. The van der Waals surface area contributed by atoms with Crippen LogP contribution in [0.2, 0.25) is 0 Å². The van der Waals surface area contributed by atoms with Crippen LogP contribution in [0.5, 0.6) is 0 Å². The zero-order chi connectivity index (χ0) is 10.7. The minimum Gasteiger partial charge on any atom is -0.328 e. The topological polar surface area (TPSA) is 56.7 Å². The van der Waals surface area contributed by atoms with E-state index in [-0.39, 0.29) is 0 Å². The predicted molar refractivity (Wildman–Crippen MR) is 59.3 cm³/mol. The minimum absolute atomic E-state index is 0.432. The summed E-state index contributed by atoms with van der Waals surface area (Å²) in [6, 6.07) is 0.432. The maximum absolute atomic E-state index is 5.77. The zero-order valence-electron chi connectivity index (χ0n) is 9.39. The molecule has 2 rings (SSSR count). The van der Waals surface area contributed by atoms with E-state index in [0.717, 1.165) is 37.5 Å². The van der Waals surface area contributed by atoms with Gasteiger partial charge in [0, 0.05) is 19.0 Å². The van der Waals surface area contributed by atoms with Gasteiger partial charge in [0.25, 0.3) is 0 Å².